The normalized spacial score (nSPS) is 28.3. The summed E-state index contributed by atoms with van der Waals surface area (Å²) in [7, 11) is 0. The minimum absolute atomic E-state index is 0.00155. The highest BCUT2D eigenvalue weighted by Crippen LogP contribution is 2.21. The second-order valence-corrected chi connectivity index (χ2v) is 6.23. The van der Waals surface area contributed by atoms with Crippen LogP contribution in [0.15, 0.2) is 0 Å². The van der Waals surface area contributed by atoms with Crippen LogP contribution in [0.25, 0.3) is 0 Å². The van der Waals surface area contributed by atoms with E-state index in [2.05, 4.69) is 5.32 Å². The molecule has 114 valence electrons. The van der Waals surface area contributed by atoms with Crippen molar-refractivity contribution in [3.63, 3.8) is 0 Å². The predicted octanol–water partition coefficient (Wildman–Crippen LogP) is 1.32. The quantitative estimate of drug-likeness (QED) is 0.827. The highest BCUT2D eigenvalue weighted by Gasteiger charge is 2.39. The Hall–Kier alpha value is -1.10. The number of hydrogen-bond acceptors (Lipinski definition) is 3. The van der Waals surface area contributed by atoms with Gasteiger partial charge >= 0.3 is 0 Å². The molecule has 1 saturated heterocycles. The van der Waals surface area contributed by atoms with Crippen LogP contribution in [-0.4, -0.2) is 48.1 Å². The van der Waals surface area contributed by atoms with Gasteiger partial charge in [0, 0.05) is 6.54 Å². The smallest absolute Gasteiger partial charge is 0.245 e. The van der Waals surface area contributed by atoms with Gasteiger partial charge in [0.25, 0.3) is 0 Å². The summed E-state index contributed by atoms with van der Waals surface area (Å²) in [6.07, 6.45) is 5.07. The van der Waals surface area contributed by atoms with E-state index in [1.54, 1.807) is 11.8 Å². The Balaban J connectivity index is 1.93. The van der Waals surface area contributed by atoms with Crippen LogP contribution in [0.5, 0.6) is 0 Å². The fraction of sp³-hybridized carbons (Fsp3) is 0.867. The summed E-state index contributed by atoms with van der Waals surface area (Å²) in [6.45, 7) is 6.72. The third kappa shape index (κ3) is 3.32. The maximum atomic E-state index is 12.3. The molecule has 1 aliphatic carbocycles. The average molecular weight is 282 g/mol. The highest BCUT2D eigenvalue weighted by molar-refractivity contribution is 5.96. The first kappa shape index (κ1) is 15.3. The lowest BCUT2D eigenvalue weighted by molar-refractivity contribution is -0.151. The molecule has 2 rings (SSSR count). The van der Waals surface area contributed by atoms with Gasteiger partial charge in [-0.3, -0.25) is 9.59 Å². The molecule has 1 N–H and O–H groups in total. The number of ether oxygens (including phenoxy) is 1. The van der Waals surface area contributed by atoms with Crippen molar-refractivity contribution < 1.29 is 14.3 Å². The molecular formula is C15H26N2O3. The van der Waals surface area contributed by atoms with E-state index < -0.39 is 6.04 Å². The third-order valence-electron chi connectivity index (χ3n) is 4.24. The lowest BCUT2D eigenvalue weighted by Crippen LogP contribution is -2.64. The van der Waals surface area contributed by atoms with Crippen LogP contribution in [0.1, 0.15) is 46.5 Å². The van der Waals surface area contributed by atoms with Crippen molar-refractivity contribution in [1.82, 2.24) is 10.2 Å². The van der Waals surface area contributed by atoms with Crippen LogP contribution >= 0.6 is 0 Å². The topological polar surface area (TPSA) is 58.6 Å². The molecule has 5 nitrogen and oxygen atoms in total. The molecule has 1 aliphatic heterocycles. The second kappa shape index (κ2) is 6.57. The van der Waals surface area contributed by atoms with Gasteiger partial charge in [0.05, 0.1) is 12.7 Å². The summed E-state index contributed by atoms with van der Waals surface area (Å²) in [4.78, 5) is 26.0. The zero-order valence-corrected chi connectivity index (χ0v) is 12.7. The lowest BCUT2D eigenvalue weighted by Gasteiger charge is -2.40. The molecule has 5 heteroatoms. The standard InChI is InChI=1S/C15H26N2O3/c1-10(2)13-14(18)16-11(3)15(19)17(13)8-9-20-12-6-4-5-7-12/h10-13H,4-9H2,1-3H3,(H,16,18). The molecule has 0 spiro atoms. The Morgan fingerprint density at radius 3 is 2.55 bits per heavy atom. The molecule has 1 saturated carbocycles. The Labute approximate surface area is 121 Å². The number of carbonyl (C=O) groups is 2. The number of amides is 2. The maximum absolute atomic E-state index is 12.3. The third-order valence-corrected chi connectivity index (χ3v) is 4.24. The van der Waals surface area contributed by atoms with E-state index in [1.165, 1.54) is 12.8 Å². The maximum Gasteiger partial charge on any atom is 0.245 e. The molecule has 20 heavy (non-hydrogen) atoms. The SMILES string of the molecule is CC1NC(=O)C(C(C)C)N(CCOC2CCCC2)C1=O. The number of hydrogen-bond donors (Lipinski definition) is 1. The van der Waals surface area contributed by atoms with E-state index in [0.29, 0.717) is 19.3 Å². The first-order valence-corrected chi connectivity index (χ1v) is 7.73. The van der Waals surface area contributed by atoms with Crippen molar-refractivity contribution in [3.05, 3.63) is 0 Å². The van der Waals surface area contributed by atoms with Crippen LogP contribution in [0.4, 0.5) is 0 Å². The zero-order chi connectivity index (χ0) is 14.7. The molecule has 0 aromatic carbocycles. The second-order valence-electron chi connectivity index (χ2n) is 6.23. The van der Waals surface area contributed by atoms with Crippen molar-refractivity contribution in [2.45, 2.75) is 64.6 Å². The largest absolute Gasteiger partial charge is 0.376 e. The minimum Gasteiger partial charge on any atom is -0.376 e. The van der Waals surface area contributed by atoms with Crippen LogP contribution in [0.3, 0.4) is 0 Å². The van der Waals surface area contributed by atoms with Crippen LogP contribution in [0, 0.1) is 5.92 Å². The van der Waals surface area contributed by atoms with E-state index in [9.17, 15) is 9.59 Å². The van der Waals surface area contributed by atoms with E-state index in [4.69, 9.17) is 4.74 Å². The first-order chi connectivity index (χ1) is 9.50. The van der Waals surface area contributed by atoms with Crippen molar-refractivity contribution in [3.8, 4) is 0 Å². The van der Waals surface area contributed by atoms with Gasteiger partial charge in [-0.05, 0) is 25.7 Å². The molecule has 2 unspecified atom stereocenters. The Bertz CT molecular complexity index is 364. The van der Waals surface area contributed by atoms with Gasteiger partial charge < -0.3 is 15.0 Å². The van der Waals surface area contributed by atoms with Crippen LogP contribution in [0.2, 0.25) is 0 Å². The fourth-order valence-electron chi connectivity index (χ4n) is 3.17. The van der Waals surface area contributed by atoms with Gasteiger partial charge in [-0.2, -0.15) is 0 Å². The summed E-state index contributed by atoms with van der Waals surface area (Å²) < 4.78 is 5.83. The molecule has 2 atom stereocenters. The number of piperazine rings is 1. The summed E-state index contributed by atoms with van der Waals surface area (Å²) in [5.41, 5.74) is 0. The van der Waals surface area contributed by atoms with Gasteiger partial charge in [0.2, 0.25) is 11.8 Å². The van der Waals surface area contributed by atoms with E-state index in [0.717, 1.165) is 12.8 Å². The monoisotopic (exact) mass is 282 g/mol. The van der Waals surface area contributed by atoms with Gasteiger partial charge in [-0.25, -0.2) is 0 Å². The zero-order valence-electron chi connectivity index (χ0n) is 12.7. The van der Waals surface area contributed by atoms with Crippen LogP contribution < -0.4 is 5.32 Å². The van der Waals surface area contributed by atoms with E-state index in [1.807, 2.05) is 13.8 Å². The van der Waals surface area contributed by atoms with Crippen molar-refractivity contribution in [1.29, 1.82) is 0 Å². The molecule has 0 aromatic rings. The Morgan fingerprint density at radius 1 is 1.30 bits per heavy atom. The molecule has 2 fully saturated rings. The van der Waals surface area contributed by atoms with E-state index in [-0.39, 0.29) is 23.8 Å². The first-order valence-electron chi connectivity index (χ1n) is 7.73. The average Bonchev–Trinajstić information content (AvgIpc) is 2.87. The van der Waals surface area contributed by atoms with Gasteiger partial charge in [0.1, 0.15) is 12.1 Å². The molecule has 2 amide bonds. The molecule has 2 aliphatic rings. The fourth-order valence-corrected chi connectivity index (χ4v) is 3.17. The lowest BCUT2D eigenvalue weighted by atomic mass is 9.97. The molecule has 0 radical (unpaired) electrons. The predicted molar refractivity (Wildman–Crippen MR) is 76.2 cm³/mol. The highest BCUT2D eigenvalue weighted by atomic mass is 16.5. The van der Waals surface area contributed by atoms with Gasteiger partial charge in [0.15, 0.2) is 0 Å². The Morgan fingerprint density at radius 2 is 1.95 bits per heavy atom. The summed E-state index contributed by atoms with van der Waals surface area (Å²) >= 11 is 0. The number of rotatable bonds is 5. The summed E-state index contributed by atoms with van der Waals surface area (Å²) in [5, 5.41) is 2.75. The molecule has 1 heterocycles. The number of nitrogens with one attached hydrogen (secondary N) is 1. The van der Waals surface area contributed by atoms with Crippen molar-refractivity contribution >= 4 is 11.8 Å². The van der Waals surface area contributed by atoms with E-state index >= 15 is 0 Å². The van der Waals surface area contributed by atoms with Crippen LogP contribution in [-0.2, 0) is 14.3 Å². The van der Waals surface area contributed by atoms with Crippen molar-refractivity contribution in [2.24, 2.45) is 5.92 Å². The van der Waals surface area contributed by atoms with Crippen molar-refractivity contribution in [2.75, 3.05) is 13.2 Å². The minimum atomic E-state index is -0.427. The summed E-state index contributed by atoms with van der Waals surface area (Å²) in [6, 6.07) is -0.796. The van der Waals surface area contributed by atoms with Gasteiger partial charge in [-0.15, -0.1) is 0 Å². The van der Waals surface area contributed by atoms with Gasteiger partial charge in [-0.1, -0.05) is 26.7 Å². The number of carbonyl (C=O) groups excluding carboxylic acids is 2. The summed E-state index contributed by atoms with van der Waals surface area (Å²) in [5.74, 6) is 0.0595. The Kier molecular flexibility index (Phi) is 5.02. The molecular weight excluding hydrogens is 256 g/mol. The molecule has 0 aromatic heterocycles. The molecule has 0 bridgehead atoms. The number of nitrogens with zero attached hydrogens (tertiary/aromatic N) is 1.